The summed E-state index contributed by atoms with van der Waals surface area (Å²) in [6, 6.07) is 16.9. The summed E-state index contributed by atoms with van der Waals surface area (Å²) in [4.78, 5) is 0. The fourth-order valence-corrected chi connectivity index (χ4v) is 3.62. The molecule has 106 valence electrons. The summed E-state index contributed by atoms with van der Waals surface area (Å²) in [6.45, 7) is 0.653. The molecular weight excluding hydrogens is 256 g/mol. The second kappa shape index (κ2) is 5.40. The second-order valence-electron chi connectivity index (χ2n) is 6.03. The van der Waals surface area contributed by atoms with E-state index >= 15 is 0 Å². The zero-order valence-corrected chi connectivity index (χ0v) is 12.3. The first-order chi connectivity index (χ1) is 10.4. The van der Waals surface area contributed by atoms with Crippen LogP contribution in [0.2, 0.25) is 0 Å². The van der Waals surface area contributed by atoms with Crippen molar-refractivity contribution in [2.45, 2.75) is 38.7 Å². The molecular formula is C20H20O. The smallest absolute Gasteiger partial charge is 0.127 e. The van der Waals surface area contributed by atoms with Crippen molar-refractivity contribution in [3.8, 4) is 5.75 Å². The number of rotatable bonds is 3. The molecule has 0 aliphatic heterocycles. The predicted octanol–water partition coefficient (Wildman–Crippen LogP) is 5.15. The molecule has 0 N–H and O–H groups in total. The van der Waals surface area contributed by atoms with Crippen molar-refractivity contribution in [3.05, 3.63) is 70.8 Å². The largest absolute Gasteiger partial charge is 0.488 e. The van der Waals surface area contributed by atoms with Gasteiger partial charge >= 0.3 is 0 Å². The number of fused-ring (bicyclic) bond motifs is 2. The molecule has 0 atom stereocenters. The standard InChI is InChI=1S/C20H20O/c1-2-7-15(8-3-1)14-21-19-12-6-10-17-13-16-9-4-5-11-18(16)20(17)19/h1-3,6-8,10,12H,4-5,9,11,13-14H2. The molecule has 1 heteroatoms. The van der Waals surface area contributed by atoms with Gasteiger partial charge in [-0.15, -0.1) is 0 Å². The average Bonchev–Trinajstić information content (AvgIpc) is 2.93. The topological polar surface area (TPSA) is 9.23 Å². The maximum atomic E-state index is 6.15. The van der Waals surface area contributed by atoms with Gasteiger partial charge in [-0.3, -0.25) is 0 Å². The Labute approximate surface area is 126 Å². The lowest BCUT2D eigenvalue weighted by atomic mass is 9.91. The molecule has 0 saturated heterocycles. The highest BCUT2D eigenvalue weighted by molar-refractivity contribution is 5.80. The summed E-state index contributed by atoms with van der Waals surface area (Å²) in [6.07, 6.45) is 6.34. The Bertz CT molecular complexity index is 682. The molecule has 2 aliphatic rings. The van der Waals surface area contributed by atoms with Crippen molar-refractivity contribution in [2.24, 2.45) is 0 Å². The zero-order chi connectivity index (χ0) is 14.1. The molecule has 0 amide bonds. The van der Waals surface area contributed by atoms with E-state index < -0.39 is 0 Å². The van der Waals surface area contributed by atoms with Crippen LogP contribution in [0, 0.1) is 0 Å². The highest BCUT2D eigenvalue weighted by Gasteiger charge is 2.26. The van der Waals surface area contributed by atoms with Crippen molar-refractivity contribution >= 4 is 5.57 Å². The molecule has 1 nitrogen and oxygen atoms in total. The van der Waals surface area contributed by atoms with Gasteiger partial charge in [0.2, 0.25) is 0 Å². The number of hydrogen-bond acceptors (Lipinski definition) is 1. The van der Waals surface area contributed by atoms with Gasteiger partial charge in [0.15, 0.2) is 0 Å². The Morgan fingerprint density at radius 2 is 1.71 bits per heavy atom. The molecule has 0 heterocycles. The Hall–Kier alpha value is -2.02. The molecule has 0 unspecified atom stereocenters. The van der Waals surface area contributed by atoms with E-state index in [2.05, 4.69) is 42.5 Å². The third kappa shape index (κ3) is 2.37. The molecule has 21 heavy (non-hydrogen) atoms. The molecule has 0 fully saturated rings. The fraction of sp³-hybridized carbons (Fsp3) is 0.300. The lowest BCUT2D eigenvalue weighted by Gasteiger charge is -2.17. The summed E-state index contributed by atoms with van der Waals surface area (Å²) in [5, 5.41) is 0. The zero-order valence-electron chi connectivity index (χ0n) is 12.3. The van der Waals surface area contributed by atoms with E-state index in [0.29, 0.717) is 6.61 Å². The normalized spacial score (nSPS) is 16.6. The van der Waals surface area contributed by atoms with Gasteiger partial charge in [0.25, 0.3) is 0 Å². The number of benzene rings is 2. The van der Waals surface area contributed by atoms with Crippen LogP contribution < -0.4 is 4.74 Å². The van der Waals surface area contributed by atoms with E-state index in [1.54, 1.807) is 11.1 Å². The van der Waals surface area contributed by atoms with Gasteiger partial charge in [-0.05, 0) is 54.9 Å². The second-order valence-corrected chi connectivity index (χ2v) is 6.03. The van der Waals surface area contributed by atoms with E-state index in [1.807, 2.05) is 6.07 Å². The Balaban J connectivity index is 1.63. The third-order valence-corrected chi connectivity index (χ3v) is 4.64. The van der Waals surface area contributed by atoms with Crippen LogP contribution in [0.15, 0.2) is 54.1 Å². The van der Waals surface area contributed by atoms with E-state index in [-0.39, 0.29) is 0 Å². The van der Waals surface area contributed by atoms with Crippen LogP contribution in [0.25, 0.3) is 5.57 Å². The number of allylic oxidation sites excluding steroid dienone is 2. The molecule has 2 aromatic rings. The molecule has 2 aromatic carbocycles. The first-order valence-corrected chi connectivity index (χ1v) is 7.92. The number of ether oxygens (including phenoxy) is 1. The van der Waals surface area contributed by atoms with E-state index in [0.717, 1.165) is 12.2 Å². The highest BCUT2D eigenvalue weighted by atomic mass is 16.5. The molecule has 0 aromatic heterocycles. The van der Waals surface area contributed by atoms with Crippen LogP contribution in [-0.4, -0.2) is 0 Å². The first-order valence-electron chi connectivity index (χ1n) is 7.92. The van der Waals surface area contributed by atoms with Crippen LogP contribution in [-0.2, 0) is 13.0 Å². The summed E-state index contributed by atoms with van der Waals surface area (Å²) >= 11 is 0. The summed E-state index contributed by atoms with van der Waals surface area (Å²) < 4.78 is 6.15. The summed E-state index contributed by atoms with van der Waals surface area (Å²) in [7, 11) is 0. The summed E-state index contributed by atoms with van der Waals surface area (Å²) in [5.41, 5.74) is 7.34. The average molecular weight is 276 g/mol. The van der Waals surface area contributed by atoms with Crippen LogP contribution >= 0.6 is 0 Å². The molecule has 0 saturated carbocycles. The van der Waals surface area contributed by atoms with Crippen LogP contribution in [0.1, 0.15) is 42.4 Å². The Morgan fingerprint density at radius 1 is 0.857 bits per heavy atom. The quantitative estimate of drug-likeness (QED) is 0.753. The SMILES string of the molecule is c1ccc(COc2cccc3c2C2=C(CCCC2)C3)cc1. The molecule has 2 aliphatic carbocycles. The van der Waals surface area contributed by atoms with Gasteiger partial charge < -0.3 is 4.74 Å². The van der Waals surface area contributed by atoms with Gasteiger partial charge in [-0.2, -0.15) is 0 Å². The minimum atomic E-state index is 0.653. The van der Waals surface area contributed by atoms with Crippen LogP contribution in [0.5, 0.6) is 5.75 Å². The maximum absolute atomic E-state index is 6.15. The van der Waals surface area contributed by atoms with E-state index in [1.165, 1.54) is 42.4 Å². The maximum Gasteiger partial charge on any atom is 0.127 e. The fourth-order valence-electron chi connectivity index (χ4n) is 3.62. The molecule has 0 spiro atoms. The monoisotopic (exact) mass is 276 g/mol. The van der Waals surface area contributed by atoms with Gasteiger partial charge in [0.05, 0.1) is 0 Å². The van der Waals surface area contributed by atoms with Crippen molar-refractivity contribution in [1.82, 2.24) is 0 Å². The van der Waals surface area contributed by atoms with Crippen LogP contribution in [0.4, 0.5) is 0 Å². The van der Waals surface area contributed by atoms with Crippen LogP contribution in [0.3, 0.4) is 0 Å². The molecule has 0 radical (unpaired) electrons. The van der Waals surface area contributed by atoms with Gasteiger partial charge in [-0.25, -0.2) is 0 Å². The van der Waals surface area contributed by atoms with E-state index in [9.17, 15) is 0 Å². The molecule has 0 bridgehead atoms. The minimum Gasteiger partial charge on any atom is -0.488 e. The minimum absolute atomic E-state index is 0.653. The van der Waals surface area contributed by atoms with Crippen molar-refractivity contribution in [1.29, 1.82) is 0 Å². The highest BCUT2D eigenvalue weighted by Crippen LogP contribution is 2.45. The van der Waals surface area contributed by atoms with Gasteiger partial charge in [0.1, 0.15) is 12.4 Å². The molecule has 4 rings (SSSR count). The van der Waals surface area contributed by atoms with Gasteiger partial charge in [-0.1, -0.05) is 48.0 Å². The van der Waals surface area contributed by atoms with Gasteiger partial charge in [0, 0.05) is 5.56 Å². The third-order valence-electron chi connectivity index (χ3n) is 4.64. The van der Waals surface area contributed by atoms with E-state index in [4.69, 9.17) is 4.74 Å². The first kappa shape index (κ1) is 12.7. The van der Waals surface area contributed by atoms with Crippen molar-refractivity contribution < 1.29 is 4.74 Å². The lowest BCUT2D eigenvalue weighted by Crippen LogP contribution is -1.99. The predicted molar refractivity (Wildman–Crippen MR) is 86.3 cm³/mol. The van der Waals surface area contributed by atoms with Crippen molar-refractivity contribution in [3.63, 3.8) is 0 Å². The summed E-state index contributed by atoms with van der Waals surface area (Å²) in [5.74, 6) is 1.07. The Morgan fingerprint density at radius 3 is 2.62 bits per heavy atom. The lowest BCUT2D eigenvalue weighted by molar-refractivity contribution is 0.305. The number of hydrogen-bond donors (Lipinski definition) is 0. The van der Waals surface area contributed by atoms with Crippen molar-refractivity contribution in [2.75, 3.05) is 0 Å². The Kier molecular flexibility index (Phi) is 3.27.